The maximum Gasteiger partial charge on any atom is 0.339 e. The van der Waals surface area contributed by atoms with Crippen LogP contribution in [-0.4, -0.2) is 37.8 Å². The molecule has 0 radical (unpaired) electrons. The Morgan fingerprint density at radius 3 is 2.59 bits per heavy atom. The number of halogens is 1. The number of thiocarbonyl (C=S) groups is 1. The van der Waals surface area contributed by atoms with Crippen LogP contribution in [0, 0.1) is 6.92 Å². The summed E-state index contributed by atoms with van der Waals surface area (Å²) in [4.78, 5) is 14.1. The Balaban J connectivity index is 1.86. The lowest BCUT2D eigenvalue weighted by Crippen LogP contribution is -2.35. The lowest BCUT2D eigenvalue weighted by molar-refractivity contribution is 0.0526. The number of hydrogen-bond donors (Lipinski definition) is 2. The van der Waals surface area contributed by atoms with Gasteiger partial charge >= 0.3 is 5.97 Å². The Morgan fingerprint density at radius 1 is 1.22 bits per heavy atom. The number of aryl methyl sites for hydroxylation is 1. The summed E-state index contributed by atoms with van der Waals surface area (Å²) in [6.07, 6.45) is 0. The van der Waals surface area contributed by atoms with Crippen molar-refractivity contribution in [3.05, 3.63) is 58.6 Å². The minimum absolute atomic E-state index is 0.293. The molecule has 0 saturated heterocycles. The SMILES string of the molecule is CCOC(=O)c1cc(NC(=S)NCCN(C)c2ccc(C)cc2)ccc1Cl. The average molecular weight is 406 g/mol. The standard InChI is InChI=1S/C20H24ClN3O2S/c1-4-26-19(25)17-13-15(7-10-18(17)21)23-20(27)22-11-12-24(3)16-8-5-14(2)6-9-16/h5-10,13H,4,11-12H2,1-3H3,(H2,22,23,27). The molecule has 0 spiro atoms. The molecule has 27 heavy (non-hydrogen) atoms. The topological polar surface area (TPSA) is 53.6 Å². The van der Waals surface area contributed by atoms with E-state index in [9.17, 15) is 4.79 Å². The molecule has 2 N–H and O–H groups in total. The fourth-order valence-electron chi connectivity index (χ4n) is 2.41. The van der Waals surface area contributed by atoms with Crippen LogP contribution in [0.3, 0.4) is 0 Å². The molecule has 2 aromatic carbocycles. The van der Waals surface area contributed by atoms with Crippen molar-refractivity contribution in [2.24, 2.45) is 0 Å². The first-order chi connectivity index (χ1) is 12.9. The third-order valence-corrected chi connectivity index (χ3v) is 4.50. The summed E-state index contributed by atoms with van der Waals surface area (Å²) in [5, 5.41) is 7.05. The summed E-state index contributed by atoms with van der Waals surface area (Å²) < 4.78 is 5.00. The van der Waals surface area contributed by atoms with Gasteiger partial charge < -0.3 is 20.3 Å². The smallest absolute Gasteiger partial charge is 0.339 e. The molecule has 0 aliphatic carbocycles. The molecule has 0 aromatic heterocycles. The number of anilines is 2. The third-order valence-electron chi connectivity index (χ3n) is 3.93. The predicted octanol–water partition coefficient (Wildman–Crippen LogP) is 4.25. The number of ether oxygens (including phenoxy) is 1. The molecule has 2 aromatic rings. The molecule has 144 valence electrons. The van der Waals surface area contributed by atoms with Crippen LogP contribution in [-0.2, 0) is 4.74 Å². The first kappa shape index (κ1) is 21.0. The summed E-state index contributed by atoms with van der Waals surface area (Å²) in [7, 11) is 2.04. The quantitative estimate of drug-likeness (QED) is 0.530. The first-order valence-electron chi connectivity index (χ1n) is 8.70. The summed E-state index contributed by atoms with van der Waals surface area (Å²) in [5.41, 5.74) is 3.37. The lowest BCUT2D eigenvalue weighted by atomic mass is 10.2. The van der Waals surface area contributed by atoms with Crippen molar-refractivity contribution in [2.75, 3.05) is 37.0 Å². The van der Waals surface area contributed by atoms with Gasteiger partial charge in [0.1, 0.15) is 0 Å². The highest BCUT2D eigenvalue weighted by Crippen LogP contribution is 2.21. The number of benzene rings is 2. The molecule has 5 nitrogen and oxygen atoms in total. The van der Waals surface area contributed by atoms with Crippen molar-refractivity contribution in [1.82, 2.24) is 5.32 Å². The Kier molecular flexibility index (Phi) is 7.88. The van der Waals surface area contributed by atoms with Crippen molar-refractivity contribution in [2.45, 2.75) is 13.8 Å². The summed E-state index contributed by atoms with van der Waals surface area (Å²) in [6, 6.07) is 13.4. The van der Waals surface area contributed by atoms with Crippen LogP contribution in [0.4, 0.5) is 11.4 Å². The van der Waals surface area contributed by atoms with Crippen LogP contribution in [0.5, 0.6) is 0 Å². The van der Waals surface area contributed by atoms with Gasteiger partial charge in [-0.3, -0.25) is 0 Å². The zero-order chi connectivity index (χ0) is 19.8. The van der Waals surface area contributed by atoms with E-state index in [0.29, 0.717) is 34.5 Å². The molecule has 0 bridgehead atoms. The van der Waals surface area contributed by atoms with E-state index in [1.54, 1.807) is 25.1 Å². The zero-order valence-electron chi connectivity index (χ0n) is 15.7. The van der Waals surface area contributed by atoms with E-state index < -0.39 is 5.97 Å². The minimum Gasteiger partial charge on any atom is -0.462 e. The third kappa shape index (κ3) is 6.41. The second-order valence-electron chi connectivity index (χ2n) is 6.05. The second kappa shape index (κ2) is 10.1. The van der Waals surface area contributed by atoms with Gasteiger partial charge in [0.15, 0.2) is 5.11 Å². The van der Waals surface area contributed by atoms with Crippen molar-refractivity contribution in [1.29, 1.82) is 0 Å². The Labute approximate surface area is 170 Å². The normalized spacial score (nSPS) is 10.2. The number of nitrogens with one attached hydrogen (secondary N) is 2. The van der Waals surface area contributed by atoms with E-state index in [-0.39, 0.29) is 0 Å². The molecule has 7 heteroatoms. The van der Waals surface area contributed by atoms with Gasteiger partial charge in [-0.1, -0.05) is 29.3 Å². The molecule has 2 rings (SSSR count). The highest BCUT2D eigenvalue weighted by molar-refractivity contribution is 7.80. The summed E-state index contributed by atoms with van der Waals surface area (Å²) in [6.45, 7) is 5.58. The number of esters is 1. The number of carbonyl (C=O) groups is 1. The first-order valence-corrected chi connectivity index (χ1v) is 9.48. The Morgan fingerprint density at radius 2 is 1.93 bits per heavy atom. The monoisotopic (exact) mass is 405 g/mol. The molecule has 0 fully saturated rings. The number of rotatable bonds is 7. The Hall–Kier alpha value is -2.31. The van der Waals surface area contributed by atoms with Crippen molar-refractivity contribution in [3.63, 3.8) is 0 Å². The second-order valence-corrected chi connectivity index (χ2v) is 6.87. The van der Waals surface area contributed by atoms with Gasteiger partial charge in [0.25, 0.3) is 0 Å². The van der Waals surface area contributed by atoms with Crippen LogP contribution < -0.4 is 15.5 Å². The minimum atomic E-state index is -0.454. The van der Waals surface area contributed by atoms with Crippen LogP contribution >= 0.6 is 23.8 Å². The van der Waals surface area contributed by atoms with Gasteiger partial charge in [0.05, 0.1) is 17.2 Å². The van der Waals surface area contributed by atoms with E-state index in [4.69, 9.17) is 28.6 Å². The highest BCUT2D eigenvalue weighted by atomic mass is 35.5. The number of nitrogens with zero attached hydrogens (tertiary/aromatic N) is 1. The molecular weight excluding hydrogens is 382 g/mol. The van der Waals surface area contributed by atoms with Gasteiger partial charge in [0, 0.05) is 31.5 Å². The molecule has 0 unspecified atom stereocenters. The fraction of sp³-hybridized carbons (Fsp3) is 0.300. The van der Waals surface area contributed by atoms with Gasteiger partial charge in [-0.05, 0) is 56.4 Å². The molecule has 0 heterocycles. The lowest BCUT2D eigenvalue weighted by Gasteiger charge is -2.20. The van der Waals surface area contributed by atoms with E-state index in [2.05, 4.69) is 46.7 Å². The average Bonchev–Trinajstić information content (AvgIpc) is 2.64. The molecule has 0 saturated carbocycles. The van der Waals surface area contributed by atoms with Crippen molar-refractivity contribution >= 4 is 46.3 Å². The number of hydrogen-bond acceptors (Lipinski definition) is 4. The summed E-state index contributed by atoms with van der Waals surface area (Å²) >= 11 is 11.4. The highest BCUT2D eigenvalue weighted by Gasteiger charge is 2.12. The predicted molar refractivity (Wildman–Crippen MR) is 116 cm³/mol. The van der Waals surface area contributed by atoms with E-state index in [1.165, 1.54) is 5.56 Å². The molecular formula is C20H24ClN3O2S. The van der Waals surface area contributed by atoms with Gasteiger partial charge in [-0.2, -0.15) is 0 Å². The van der Waals surface area contributed by atoms with E-state index in [1.807, 2.05) is 7.05 Å². The van der Waals surface area contributed by atoms with Crippen LogP contribution in [0.25, 0.3) is 0 Å². The molecule has 0 amide bonds. The largest absolute Gasteiger partial charge is 0.462 e. The molecule has 0 aliphatic rings. The van der Waals surface area contributed by atoms with Crippen LogP contribution in [0.15, 0.2) is 42.5 Å². The molecule has 0 aliphatic heterocycles. The van der Waals surface area contributed by atoms with Crippen LogP contribution in [0.1, 0.15) is 22.8 Å². The van der Waals surface area contributed by atoms with Crippen molar-refractivity contribution < 1.29 is 9.53 Å². The maximum atomic E-state index is 11.9. The molecule has 0 atom stereocenters. The van der Waals surface area contributed by atoms with Gasteiger partial charge in [0.2, 0.25) is 0 Å². The van der Waals surface area contributed by atoms with Gasteiger partial charge in [-0.25, -0.2) is 4.79 Å². The van der Waals surface area contributed by atoms with Gasteiger partial charge in [-0.15, -0.1) is 0 Å². The zero-order valence-corrected chi connectivity index (χ0v) is 17.3. The Bertz CT molecular complexity index is 796. The van der Waals surface area contributed by atoms with E-state index >= 15 is 0 Å². The maximum absolute atomic E-state index is 11.9. The van der Waals surface area contributed by atoms with E-state index in [0.717, 1.165) is 12.2 Å². The fourth-order valence-corrected chi connectivity index (χ4v) is 2.82. The summed E-state index contributed by atoms with van der Waals surface area (Å²) in [5.74, 6) is -0.454. The number of carbonyl (C=O) groups excluding carboxylic acids is 1. The van der Waals surface area contributed by atoms with Crippen molar-refractivity contribution in [3.8, 4) is 0 Å². The van der Waals surface area contributed by atoms with Crippen LogP contribution in [0.2, 0.25) is 5.02 Å². The number of likely N-dealkylation sites (N-methyl/N-ethyl adjacent to an activating group) is 1.